The molecule has 0 bridgehead atoms. The summed E-state index contributed by atoms with van der Waals surface area (Å²) in [5.74, 6) is -3.17. The zero-order valence-electron chi connectivity index (χ0n) is 12.7. The number of hydrogen-bond acceptors (Lipinski definition) is 8. The first-order valence-electron chi connectivity index (χ1n) is 6.87. The van der Waals surface area contributed by atoms with Gasteiger partial charge in [-0.1, -0.05) is 0 Å². The lowest BCUT2D eigenvalue weighted by atomic mass is 9.86. The molecule has 1 aromatic rings. The summed E-state index contributed by atoms with van der Waals surface area (Å²) in [6.45, 7) is 1.46. The number of nitro groups is 1. The molecule has 0 radical (unpaired) electrons. The number of carbonyl (C=O) groups excluding carboxylic acids is 3. The Hall–Kier alpha value is -3.30. The number of rotatable bonds is 3. The molecule has 0 aliphatic carbocycles. The van der Waals surface area contributed by atoms with Gasteiger partial charge in [-0.15, -0.1) is 0 Å². The van der Waals surface area contributed by atoms with Crippen molar-refractivity contribution in [2.24, 2.45) is 11.0 Å². The third-order valence-electron chi connectivity index (χ3n) is 4.09. The maximum atomic E-state index is 12.7. The van der Waals surface area contributed by atoms with E-state index in [9.17, 15) is 24.5 Å². The smallest absolute Gasteiger partial charge is 0.355 e. The van der Waals surface area contributed by atoms with E-state index in [2.05, 4.69) is 15.3 Å². The van der Waals surface area contributed by atoms with Crippen molar-refractivity contribution >= 4 is 34.9 Å². The molecule has 2 amide bonds. The average molecular weight is 332 g/mol. The van der Waals surface area contributed by atoms with Gasteiger partial charge in [-0.3, -0.25) is 25.1 Å². The van der Waals surface area contributed by atoms with Gasteiger partial charge in [0, 0.05) is 12.1 Å². The van der Waals surface area contributed by atoms with Gasteiger partial charge >= 0.3 is 5.97 Å². The predicted octanol–water partition coefficient (Wildman–Crippen LogP) is -0.0249. The summed E-state index contributed by atoms with van der Waals surface area (Å²) in [6.07, 6.45) is 0. The Morgan fingerprint density at radius 2 is 2.00 bits per heavy atom. The number of ether oxygens (including phenoxy) is 1. The molecule has 0 saturated carbocycles. The van der Waals surface area contributed by atoms with Crippen molar-refractivity contribution in [2.45, 2.75) is 12.5 Å². The number of anilines is 1. The van der Waals surface area contributed by atoms with E-state index in [0.29, 0.717) is 0 Å². The number of fused-ring (bicyclic) bond motifs is 1. The van der Waals surface area contributed by atoms with Gasteiger partial charge in [-0.05, 0) is 19.1 Å². The van der Waals surface area contributed by atoms with Crippen LogP contribution < -0.4 is 10.3 Å². The number of nitro benzene ring substituents is 1. The SMILES string of the molecule is COC(=O)C1=NN[C@]2(C)C(=O)N(c3ccc([N+](=O)[O-])cc3)C(=O)[C@@H]12. The van der Waals surface area contributed by atoms with Gasteiger partial charge in [0.15, 0.2) is 5.71 Å². The topological polar surface area (TPSA) is 131 Å². The number of non-ortho nitro benzene ring substituents is 1. The number of methoxy groups -OCH3 is 1. The average Bonchev–Trinajstić information content (AvgIpc) is 3.01. The first kappa shape index (κ1) is 15.6. The highest BCUT2D eigenvalue weighted by atomic mass is 16.6. The molecule has 1 fully saturated rings. The van der Waals surface area contributed by atoms with E-state index in [1.807, 2.05) is 0 Å². The van der Waals surface area contributed by atoms with E-state index >= 15 is 0 Å². The van der Waals surface area contributed by atoms with Crippen LogP contribution in [0.4, 0.5) is 11.4 Å². The highest BCUT2D eigenvalue weighted by Gasteiger charge is 2.63. The number of nitrogens with zero attached hydrogens (tertiary/aromatic N) is 3. The fourth-order valence-corrected chi connectivity index (χ4v) is 2.81. The summed E-state index contributed by atoms with van der Waals surface area (Å²) < 4.78 is 4.59. The molecule has 2 aliphatic rings. The van der Waals surface area contributed by atoms with Crippen LogP contribution in [0.5, 0.6) is 0 Å². The van der Waals surface area contributed by atoms with Gasteiger partial charge in [0.2, 0.25) is 5.91 Å². The molecule has 10 heteroatoms. The fourth-order valence-electron chi connectivity index (χ4n) is 2.81. The number of hydrazone groups is 1. The molecule has 0 unspecified atom stereocenters. The van der Waals surface area contributed by atoms with E-state index in [1.165, 1.54) is 31.2 Å². The molecule has 1 N–H and O–H groups in total. The second-order valence-corrected chi connectivity index (χ2v) is 5.49. The molecule has 10 nitrogen and oxygen atoms in total. The Bertz CT molecular complexity index is 802. The zero-order valence-corrected chi connectivity index (χ0v) is 12.7. The van der Waals surface area contributed by atoms with Crippen LogP contribution in [0.15, 0.2) is 29.4 Å². The van der Waals surface area contributed by atoms with Gasteiger partial charge < -0.3 is 4.74 Å². The van der Waals surface area contributed by atoms with Crippen molar-refractivity contribution in [1.29, 1.82) is 0 Å². The lowest BCUT2D eigenvalue weighted by molar-refractivity contribution is -0.384. The molecule has 2 atom stereocenters. The summed E-state index contributed by atoms with van der Waals surface area (Å²) in [7, 11) is 1.15. The Balaban J connectivity index is 1.99. The van der Waals surface area contributed by atoms with Gasteiger partial charge in [0.25, 0.3) is 11.6 Å². The van der Waals surface area contributed by atoms with Crippen LogP contribution in [-0.2, 0) is 19.1 Å². The summed E-state index contributed by atoms with van der Waals surface area (Å²) in [5.41, 5.74) is 0.969. The molecule has 124 valence electrons. The number of benzene rings is 1. The van der Waals surface area contributed by atoms with Gasteiger partial charge in [-0.25, -0.2) is 9.69 Å². The molecule has 3 rings (SSSR count). The molecule has 1 aromatic carbocycles. The zero-order chi connectivity index (χ0) is 17.6. The number of amides is 2. The Morgan fingerprint density at radius 1 is 1.38 bits per heavy atom. The van der Waals surface area contributed by atoms with E-state index in [-0.39, 0.29) is 17.1 Å². The van der Waals surface area contributed by atoms with Crippen LogP contribution in [0, 0.1) is 16.0 Å². The van der Waals surface area contributed by atoms with Crippen molar-refractivity contribution in [1.82, 2.24) is 5.43 Å². The Kier molecular flexibility index (Phi) is 3.32. The van der Waals surface area contributed by atoms with Crippen molar-refractivity contribution in [3.05, 3.63) is 34.4 Å². The second kappa shape index (κ2) is 5.11. The van der Waals surface area contributed by atoms with E-state index < -0.39 is 34.2 Å². The van der Waals surface area contributed by atoms with Crippen LogP contribution >= 0.6 is 0 Å². The van der Waals surface area contributed by atoms with Crippen LogP contribution in [0.25, 0.3) is 0 Å². The van der Waals surface area contributed by atoms with Crippen molar-refractivity contribution < 1.29 is 24.0 Å². The number of imide groups is 1. The molecule has 2 aliphatic heterocycles. The maximum Gasteiger partial charge on any atom is 0.355 e. The van der Waals surface area contributed by atoms with E-state index in [0.717, 1.165) is 12.0 Å². The molecule has 24 heavy (non-hydrogen) atoms. The monoisotopic (exact) mass is 332 g/mol. The minimum absolute atomic E-state index is 0.167. The first-order chi connectivity index (χ1) is 11.3. The molecule has 2 heterocycles. The molecular formula is C14H12N4O6. The highest BCUT2D eigenvalue weighted by Crippen LogP contribution is 2.38. The van der Waals surface area contributed by atoms with Gasteiger partial charge in [0.05, 0.1) is 17.7 Å². The highest BCUT2D eigenvalue weighted by molar-refractivity contribution is 6.47. The quantitative estimate of drug-likeness (QED) is 0.356. The minimum atomic E-state index is -1.40. The maximum absolute atomic E-state index is 12.7. The van der Waals surface area contributed by atoms with Crippen LogP contribution in [-0.4, -0.2) is 41.1 Å². The summed E-state index contributed by atoms with van der Waals surface area (Å²) in [5, 5.41) is 14.5. The first-order valence-corrected chi connectivity index (χ1v) is 6.87. The van der Waals surface area contributed by atoms with Crippen molar-refractivity contribution in [3.8, 4) is 0 Å². The molecule has 0 spiro atoms. The normalized spacial score (nSPS) is 25.2. The number of nitrogens with one attached hydrogen (secondary N) is 1. The van der Waals surface area contributed by atoms with Gasteiger partial charge in [-0.2, -0.15) is 5.10 Å². The standard InChI is InChI=1S/C14H12N4O6/c1-14-9(10(15-16-14)12(20)24-2)11(19)17(13(14)21)7-3-5-8(6-4-7)18(22)23/h3-6,9,16H,1-2H3/t9-,14+/m1/s1. The van der Waals surface area contributed by atoms with E-state index in [4.69, 9.17) is 0 Å². The third kappa shape index (κ3) is 1.96. The van der Waals surface area contributed by atoms with Gasteiger partial charge in [0.1, 0.15) is 11.5 Å². The second-order valence-electron chi connectivity index (χ2n) is 5.49. The van der Waals surface area contributed by atoms with Crippen LogP contribution in [0.1, 0.15) is 6.92 Å². The predicted molar refractivity (Wildman–Crippen MR) is 80.1 cm³/mol. The molecular weight excluding hydrogens is 320 g/mol. The Morgan fingerprint density at radius 3 is 2.54 bits per heavy atom. The lowest BCUT2D eigenvalue weighted by Gasteiger charge is -2.20. The third-order valence-corrected chi connectivity index (χ3v) is 4.09. The molecule has 0 aromatic heterocycles. The number of hydrogen-bond donors (Lipinski definition) is 1. The van der Waals surface area contributed by atoms with Crippen LogP contribution in [0.3, 0.4) is 0 Å². The number of carbonyl (C=O) groups is 3. The largest absolute Gasteiger partial charge is 0.464 e. The molecule has 1 saturated heterocycles. The van der Waals surface area contributed by atoms with Crippen molar-refractivity contribution in [2.75, 3.05) is 12.0 Å². The lowest BCUT2D eigenvalue weighted by Crippen LogP contribution is -2.48. The fraction of sp³-hybridized carbons (Fsp3) is 0.286. The van der Waals surface area contributed by atoms with Crippen molar-refractivity contribution in [3.63, 3.8) is 0 Å². The van der Waals surface area contributed by atoms with E-state index in [1.54, 1.807) is 0 Å². The minimum Gasteiger partial charge on any atom is -0.464 e. The summed E-state index contributed by atoms with van der Waals surface area (Å²) in [6, 6.07) is 4.98. The number of esters is 1. The van der Waals surface area contributed by atoms with Crippen LogP contribution in [0.2, 0.25) is 0 Å². The summed E-state index contributed by atoms with van der Waals surface area (Å²) >= 11 is 0. The Labute approximate surface area is 135 Å². The summed E-state index contributed by atoms with van der Waals surface area (Å²) in [4.78, 5) is 48.1.